The maximum absolute atomic E-state index is 13.1. The molecule has 17 nitrogen and oxygen atoms in total. The van der Waals surface area contributed by atoms with Crippen molar-refractivity contribution >= 4 is 39.5 Å². The van der Waals surface area contributed by atoms with Crippen LogP contribution in [0.2, 0.25) is 0 Å². The highest BCUT2D eigenvalue weighted by Crippen LogP contribution is 2.45. The molecular formula is C75H146O17P2. The molecule has 6 atom stereocenters. The maximum Gasteiger partial charge on any atom is 0.472 e. The van der Waals surface area contributed by atoms with Crippen LogP contribution in [0.25, 0.3) is 0 Å². The molecule has 3 N–H and O–H groups in total. The van der Waals surface area contributed by atoms with Gasteiger partial charge in [0, 0.05) is 25.7 Å². The van der Waals surface area contributed by atoms with Gasteiger partial charge in [-0.05, 0) is 43.4 Å². The minimum Gasteiger partial charge on any atom is -0.462 e. The number of hydrogen-bond acceptors (Lipinski definition) is 15. The molecule has 0 bridgehead atoms. The molecule has 0 rings (SSSR count). The maximum atomic E-state index is 13.1. The summed E-state index contributed by atoms with van der Waals surface area (Å²) in [6.45, 7) is 11.9. The van der Waals surface area contributed by atoms with Gasteiger partial charge in [-0.25, -0.2) is 9.13 Å². The topological polar surface area (TPSA) is 237 Å². The molecule has 0 saturated carbocycles. The van der Waals surface area contributed by atoms with E-state index in [0.717, 1.165) is 108 Å². The highest BCUT2D eigenvalue weighted by molar-refractivity contribution is 7.47. The van der Waals surface area contributed by atoms with E-state index in [0.29, 0.717) is 31.6 Å². The largest absolute Gasteiger partial charge is 0.472 e. The number of carbonyl (C=O) groups is 4. The van der Waals surface area contributed by atoms with Crippen molar-refractivity contribution < 1.29 is 80.2 Å². The molecule has 0 heterocycles. The van der Waals surface area contributed by atoms with Gasteiger partial charge in [0.2, 0.25) is 0 Å². The van der Waals surface area contributed by atoms with Crippen molar-refractivity contribution in [2.75, 3.05) is 39.6 Å². The molecule has 0 aliphatic heterocycles. The number of unbranched alkanes of at least 4 members (excludes halogenated alkanes) is 40. The van der Waals surface area contributed by atoms with Crippen LogP contribution in [0.3, 0.4) is 0 Å². The highest BCUT2D eigenvalue weighted by Gasteiger charge is 2.30. The van der Waals surface area contributed by atoms with Gasteiger partial charge in [-0.1, -0.05) is 331 Å². The summed E-state index contributed by atoms with van der Waals surface area (Å²) in [6.07, 6.45) is 51.2. The number of rotatable bonds is 73. The van der Waals surface area contributed by atoms with E-state index in [9.17, 15) is 43.2 Å². The summed E-state index contributed by atoms with van der Waals surface area (Å²) in [7, 11) is -9.91. The minimum atomic E-state index is -4.96. The third-order valence-corrected chi connectivity index (χ3v) is 19.6. The van der Waals surface area contributed by atoms with Gasteiger partial charge in [-0.2, -0.15) is 0 Å². The Kier molecular flexibility index (Phi) is 64.3. The molecule has 558 valence electrons. The van der Waals surface area contributed by atoms with E-state index in [4.69, 9.17) is 37.0 Å². The number of aliphatic hydroxyl groups excluding tert-OH is 1. The monoisotopic (exact) mass is 1380 g/mol. The van der Waals surface area contributed by atoms with Crippen LogP contribution in [0.15, 0.2) is 0 Å². The van der Waals surface area contributed by atoms with Gasteiger partial charge in [0.05, 0.1) is 26.4 Å². The van der Waals surface area contributed by atoms with E-state index in [1.54, 1.807) is 0 Å². The average Bonchev–Trinajstić information content (AvgIpc) is 1.23. The number of esters is 4. The lowest BCUT2D eigenvalue weighted by Gasteiger charge is -2.21. The van der Waals surface area contributed by atoms with Crippen LogP contribution in [0.4, 0.5) is 0 Å². The second-order valence-electron chi connectivity index (χ2n) is 28.2. The zero-order chi connectivity index (χ0) is 69.4. The molecule has 94 heavy (non-hydrogen) atoms. The van der Waals surface area contributed by atoms with Crippen molar-refractivity contribution in [3.63, 3.8) is 0 Å². The Hall–Kier alpha value is -1.94. The molecule has 0 saturated heterocycles. The molecule has 0 aliphatic carbocycles. The van der Waals surface area contributed by atoms with E-state index in [1.165, 1.54) is 186 Å². The molecule has 3 unspecified atom stereocenters. The quantitative estimate of drug-likeness (QED) is 0.0222. The fraction of sp³-hybridized carbons (Fsp3) is 0.947. The molecule has 0 fully saturated rings. The number of hydrogen-bond donors (Lipinski definition) is 3. The highest BCUT2D eigenvalue weighted by atomic mass is 31.2. The van der Waals surface area contributed by atoms with Gasteiger partial charge in [0.25, 0.3) is 0 Å². The third-order valence-electron chi connectivity index (χ3n) is 17.7. The number of ether oxygens (including phenoxy) is 4. The van der Waals surface area contributed by atoms with Crippen molar-refractivity contribution in [1.29, 1.82) is 0 Å². The van der Waals surface area contributed by atoms with E-state index in [1.807, 2.05) is 0 Å². The van der Waals surface area contributed by atoms with Crippen LogP contribution in [0, 0.1) is 17.8 Å². The Morgan fingerprint density at radius 3 is 0.809 bits per heavy atom. The summed E-state index contributed by atoms with van der Waals surface area (Å²) in [5, 5.41) is 10.6. The van der Waals surface area contributed by atoms with Crippen LogP contribution in [0.5, 0.6) is 0 Å². The van der Waals surface area contributed by atoms with Crippen molar-refractivity contribution in [2.24, 2.45) is 17.8 Å². The molecule has 0 aliphatic rings. The first-order valence-electron chi connectivity index (χ1n) is 38.9. The summed E-state index contributed by atoms with van der Waals surface area (Å²) in [6, 6.07) is 0. The van der Waals surface area contributed by atoms with Crippen LogP contribution < -0.4 is 0 Å². The fourth-order valence-electron chi connectivity index (χ4n) is 11.4. The Balaban J connectivity index is 5.26. The van der Waals surface area contributed by atoms with Crippen molar-refractivity contribution in [3.8, 4) is 0 Å². The summed E-state index contributed by atoms with van der Waals surface area (Å²) in [5.74, 6) is 0.183. The number of phosphoric acid groups is 2. The standard InChI is InChI=1S/C75H146O17P2/c1-8-10-11-12-13-14-15-16-19-22-29-36-44-51-58-75(80)92-71(63-86-73(78)57-50-43-38-31-33-40-47-54-67(5)6)65-90-94(83,84)88-61-69(76)60-87-93(81,82)89-64-70(62-85-72(77)56-49-42-35-28-25-24-27-34-41-48-55-68(7)9-2)91-74(79)59-52-45-37-30-23-20-17-18-21-26-32-39-46-53-66(3)4/h66-71,76H,8-65H2,1-7H3,(H,81,82)(H,83,84)/t68?,69-,70-,71-/m1/s1. The lowest BCUT2D eigenvalue weighted by molar-refractivity contribution is -0.161. The van der Waals surface area contributed by atoms with Gasteiger partial charge in [-0.15, -0.1) is 0 Å². The Morgan fingerprint density at radius 1 is 0.309 bits per heavy atom. The minimum absolute atomic E-state index is 0.107. The van der Waals surface area contributed by atoms with Crippen LogP contribution >= 0.6 is 15.6 Å². The van der Waals surface area contributed by atoms with Crippen LogP contribution in [-0.2, 0) is 65.4 Å². The van der Waals surface area contributed by atoms with Crippen LogP contribution in [0.1, 0.15) is 382 Å². The molecule has 0 amide bonds. The number of phosphoric ester groups is 2. The molecule has 0 aromatic rings. The summed E-state index contributed by atoms with van der Waals surface area (Å²) in [4.78, 5) is 72.8. The zero-order valence-electron chi connectivity index (χ0n) is 61.4. The van der Waals surface area contributed by atoms with Crippen LogP contribution in [-0.4, -0.2) is 96.7 Å². The summed E-state index contributed by atoms with van der Waals surface area (Å²) < 4.78 is 68.5. The second-order valence-corrected chi connectivity index (χ2v) is 31.1. The molecule has 0 spiro atoms. The average molecular weight is 1380 g/mol. The SMILES string of the molecule is CCCCCCCCCCCCCCCCC(=O)O[C@H](COC(=O)CCCCCCCCCC(C)C)COP(=O)(O)OC[C@H](O)COP(=O)(O)OC[C@@H](COC(=O)CCCCCCCCCCCCC(C)CC)OC(=O)CCCCCCCCCCCCCCCC(C)C. The molecular weight excluding hydrogens is 1230 g/mol. The van der Waals surface area contributed by atoms with E-state index >= 15 is 0 Å². The van der Waals surface area contributed by atoms with Crippen molar-refractivity contribution in [2.45, 2.75) is 401 Å². The Bertz CT molecular complexity index is 1840. The third kappa shape index (κ3) is 67.3. The van der Waals surface area contributed by atoms with Gasteiger partial charge >= 0.3 is 39.5 Å². The number of carbonyl (C=O) groups excluding carboxylic acids is 4. The first-order valence-corrected chi connectivity index (χ1v) is 41.9. The normalized spacial score (nSPS) is 14.4. The molecule has 0 aromatic carbocycles. The molecule has 0 aromatic heterocycles. The number of aliphatic hydroxyl groups is 1. The van der Waals surface area contributed by atoms with Gasteiger partial charge in [0.1, 0.15) is 19.3 Å². The lowest BCUT2D eigenvalue weighted by Crippen LogP contribution is -2.30. The van der Waals surface area contributed by atoms with Gasteiger partial charge in [-0.3, -0.25) is 37.3 Å². The molecule has 19 heteroatoms. The van der Waals surface area contributed by atoms with Gasteiger partial charge in [0.15, 0.2) is 12.2 Å². The molecule has 0 radical (unpaired) electrons. The summed E-state index contributed by atoms with van der Waals surface area (Å²) >= 11 is 0. The van der Waals surface area contributed by atoms with E-state index < -0.39 is 97.5 Å². The van der Waals surface area contributed by atoms with E-state index in [-0.39, 0.29) is 25.7 Å². The smallest absolute Gasteiger partial charge is 0.462 e. The van der Waals surface area contributed by atoms with Gasteiger partial charge < -0.3 is 33.8 Å². The zero-order valence-corrected chi connectivity index (χ0v) is 63.2. The lowest BCUT2D eigenvalue weighted by atomic mass is 9.99. The first-order chi connectivity index (χ1) is 45.3. The predicted molar refractivity (Wildman–Crippen MR) is 381 cm³/mol. The first kappa shape index (κ1) is 92.1. The summed E-state index contributed by atoms with van der Waals surface area (Å²) in [5.41, 5.74) is 0. The van der Waals surface area contributed by atoms with E-state index in [2.05, 4.69) is 48.5 Å². The fourth-order valence-corrected chi connectivity index (χ4v) is 13.0. The Labute approximate surface area is 575 Å². The Morgan fingerprint density at radius 2 is 0.543 bits per heavy atom. The predicted octanol–water partition coefficient (Wildman–Crippen LogP) is 21.8. The van der Waals surface area contributed by atoms with Crippen molar-refractivity contribution in [3.05, 3.63) is 0 Å². The second kappa shape index (κ2) is 65.7. The van der Waals surface area contributed by atoms with Crippen molar-refractivity contribution in [1.82, 2.24) is 0 Å².